The largest absolute Gasteiger partial charge is 0.493 e. The second-order valence-corrected chi connectivity index (χ2v) is 9.69. The minimum Gasteiger partial charge on any atom is -0.493 e. The molecule has 0 aliphatic carbocycles. The average molecular weight is 578 g/mol. The van der Waals surface area contributed by atoms with E-state index in [9.17, 15) is 0 Å². The van der Waals surface area contributed by atoms with Crippen molar-refractivity contribution in [2.45, 2.75) is 33.6 Å². The van der Waals surface area contributed by atoms with Crippen LogP contribution in [0.2, 0.25) is 0 Å². The normalized spacial score (nSPS) is 11.3. The lowest BCUT2D eigenvalue weighted by atomic mass is 10.2. The van der Waals surface area contributed by atoms with E-state index in [4.69, 9.17) is 28.1 Å². The summed E-state index contributed by atoms with van der Waals surface area (Å²) in [6.45, 7) is 5.28. The summed E-state index contributed by atoms with van der Waals surface area (Å²) in [6.07, 6.45) is 11.3. The molecule has 0 atom stereocenters. The van der Waals surface area contributed by atoms with Crippen LogP contribution in [-0.4, -0.2) is 31.4 Å². The predicted molar refractivity (Wildman–Crippen MR) is 161 cm³/mol. The van der Waals surface area contributed by atoms with Crippen LogP contribution in [0.25, 0.3) is 29.5 Å². The Morgan fingerprint density at radius 3 is 2.58 bits per heavy atom. The van der Waals surface area contributed by atoms with E-state index in [0.717, 1.165) is 29.1 Å². The Labute approximate surface area is 248 Å². The summed E-state index contributed by atoms with van der Waals surface area (Å²) in [5, 5.41) is 4.72. The third kappa shape index (κ3) is 6.38. The van der Waals surface area contributed by atoms with E-state index in [1.165, 1.54) is 0 Å². The monoisotopic (exact) mass is 577 g/mol. The van der Waals surface area contributed by atoms with E-state index in [1.54, 1.807) is 30.2 Å². The molecule has 2 aromatic carbocycles. The first-order valence-electron chi connectivity index (χ1n) is 13.9. The Morgan fingerprint density at radius 2 is 1.81 bits per heavy atom. The Bertz CT molecular complexity index is 1820. The highest BCUT2D eigenvalue weighted by Crippen LogP contribution is 2.31. The first kappa shape index (κ1) is 27.6. The molecule has 4 aromatic heterocycles. The van der Waals surface area contributed by atoms with Gasteiger partial charge in [0.15, 0.2) is 17.3 Å². The Kier molecular flexibility index (Phi) is 8.08. The van der Waals surface area contributed by atoms with Crippen molar-refractivity contribution in [3.8, 4) is 34.7 Å². The quantitative estimate of drug-likeness (QED) is 0.153. The number of nitrogens with zero attached hydrogens (tertiary/aromatic N) is 5. The molecule has 0 aliphatic heterocycles. The molecular weight excluding hydrogens is 546 g/mol. The van der Waals surface area contributed by atoms with Gasteiger partial charge in [-0.25, -0.2) is 14.6 Å². The van der Waals surface area contributed by atoms with Gasteiger partial charge in [-0.3, -0.25) is 0 Å². The number of aryl methyl sites for hydroxylation is 2. The summed E-state index contributed by atoms with van der Waals surface area (Å²) < 4.78 is 32.8. The molecule has 0 spiro atoms. The summed E-state index contributed by atoms with van der Waals surface area (Å²) in [5.41, 5.74) is 4.20. The lowest BCUT2D eigenvalue weighted by molar-refractivity contribution is 0.275. The predicted octanol–water partition coefficient (Wildman–Crippen LogP) is 6.98. The van der Waals surface area contributed by atoms with Crippen LogP contribution in [0.15, 0.2) is 94.5 Å². The molecule has 10 nitrogen and oxygen atoms in total. The summed E-state index contributed by atoms with van der Waals surface area (Å²) in [4.78, 5) is 8.95. The molecular formula is C33H31N5O5. The molecule has 6 rings (SSSR count). The van der Waals surface area contributed by atoms with Crippen molar-refractivity contribution < 1.29 is 23.0 Å². The van der Waals surface area contributed by atoms with E-state index in [-0.39, 0.29) is 13.2 Å². The minimum absolute atomic E-state index is 0.214. The molecule has 218 valence electrons. The van der Waals surface area contributed by atoms with Crippen molar-refractivity contribution in [2.75, 3.05) is 7.11 Å². The van der Waals surface area contributed by atoms with Crippen LogP contribution in [0, 0.1) is 6.92 Å². The molecule has 0 radical (unpaired) electrons. The standard InChI is InChI=1S/C33H31N5O5/c1-4-37-19-26(34-22-37)14-13-25-18-38(27-9-6-5-7-10-27)36-32(25)42-20-24-12-15-29(31(17-24)39-3)41-21-28-23(2)43-33(35-28)30-11-8-16-40-30/h5-19,22H,4,20-21H2,1-3H3. The number of hydrogen-bond donors (Lipinski definition) is 0. The molecule has 6 aromatic rings. The zero-order valence-corrected chi connectivity index (χ0v) is 24.1. The summed E-state index contributed by atoms with van der Waals surface area (Å²) in [5.74, 6) is 3.31. The minimum atomic E-state index is 0.214. The lowest BCUT2D eigenvalue weighted by Crippen LogP contribution is -2.02. The fourth-order valence-corrected chi connectivity index (χ4v) is 4.41. The number of ether oxygens (including phenoxy) is 3. The molecule has 43 heavy (non-hydrogen) atoms. The van der Waals surface area contributed by atoms with Crippen LogP contribution in [0.3, 0.4) is 0 Å². The van der Waals surface area contributed by atoms with E-state index >= 15 is 0 Å². The Balaban J connectivity index is 1.17. The van der Waals surface area contributed by atoms with Gasteiger partial charge in [0.05, 0.1) is 36.6 Å². The SMILES string of the molecule is CCn1cnc(C=Cc2cn(-c3ccccc3)nc2OCc2ccc(OCc3nc(-c4ccco4)oc3C)c(OC)c2)c1. The summed E-state index contributed by atoms with van der Waals surface area (Å²) in [6, 6.07) is 19.2. The van der Waals surface area contributed by atoms with Crippen molar-refractivity contribution in [3.05, 3.63) is 114 Å². The van der Waals surface area contributed by atoms with Crippen molar-refractivity contribution in [2.24, 2.45) is 0 Å². The number of hydrogen-bond acceptors (Lipinski definition) is 8. The first-order chi connectivity index (χ1) is 21.1. The highest BCUT2D eigenvalue weighted by Gasteiger charge is 2.16. The number of para-hydroxylation sites is 1. The number of imidazole rings is 1. The van der Waals surface area contributed by atoms with Gasteiger partial charge in [0, 0.05) is 18.9 Å². The smallest absolute Gasteiger partial charge is 0.263 e. The van der Waals surface area contributed by atoms with Crippen molar-refractivity contribution in [3.63, 3.8) is 0 Å². The number of benzene rings is 2. The number of rotatable bonds is 12. The number of methoxy groups -OCH3 is 1. The molecule has 0 saturated heterocycles. The second-order valence-electron chi connectivity index (χ2n) is 9.69. The summed E-state index contributed by atoms with van der Waals surface area (Å²) >= 11 is 0. The topological polar surface area (TPSA) is 103 Å². The maximum atomic E-state index is 6.23. The molecule has 10 heteroatoms. The van der Waals surface area contributed by atoms with Crippen molar-refractivity contribution in [1.82, 2.24) is 24.3 Å². The summed E-state index contributed by atoms with van der Waals surface area (Å²) in [7, 11) is 1.60. The van der Waals surface area contributed by atoms with Gasteiger partial charge in [0.25, 0.3) is 5.89 Å². The van der Waals surface area contributed by atoms with Crippen molar-refractivity contribution >= 4 is 12.2 Å². The van der Waals surface area contributed by atoms with Gasteiger partial charge < -0.3 is 27.6 Å². The van der Waals surface area contributed by atoms with Gasteiger partial charge in [-0.2, -0.15) is 0 Å². The van der Waals surface area contributed by atoms with Gasteiger partial charge in [-0.15, -0.1) is 5.10 Å². The van der Waals surface area contributed by atoms with E-state index < -0.39 is 0 Å². The molecule has 0 amide bonds. The first-order valence-corrected chi connectivity index (χ1v) is 13.9. The van der Waals surface area contributed by atoms with Gasteiger partial charge in [-0.1, -0.05) is 24.3 Å². The second kappa shape index (κ2) is 12.6. The van der Waals surface area contributed by atoms with Crippen LogP contribution < -0.4 is 14.2 Å². The zero-order valence-electron chi connectivity index (χ0n) is 24.1. The molecule has 0 N–H and O–H groups in total. The Hall–Kier alpha value is -5.51. The van der Waals surface area contributed by atoms with Gasteiger partial charge in [0.2, 0.25) is 5.88 Å². The van der Waals surface area contributed by atoms with Crippen LogP contribution in [0.5, 0.6) is 17.4 Å². The van der Waals surface area contributed by atoms with Crippen molar-refractivity contribution in [1.29, 1.82) is 0 Å². The maximum absolute atomic E-state index is 6.23. The fraction of sp³-hybridized carbons (Fsp3) is 0.182. The molecule has 0 bridgehead atoms. The van der Waals surface area contributed by atoms with E-state index in [1.807, 2.05) is 90.9 Å². The molecule has 0 unspecified atom stereocenters. The Morgan fingerprint density at radius 1 is 0.930 bits per heavy atom. The highest BCUT2D eigenvalue weighted by molar-refractivity contribution is 5.70. The zero-order chi connectivity index (χ0) is 29.6. The molecule has 0 saturated carbocycles. The van der Waals surface area contributed by atoms with Gasteiger partial charge >= 0.3 is 0 Å². The molecule has 0 fully saturated rings. The number of furan rings is 1. The molecule has 0 aliphatic rings. The third-order valence-electron chi connectivity index (χ3n) is 6.77. The highest BCUT2D eigenvalue weighted by atomic mass is 16.5. The van der Waals surface area contributed by atoms with Gasteiger partial charge in [0.1, 0.15) is 24.7 Å². The van der Waals surface area contributed by atoms with E-state index in [0.29, 0.717) is 40.5 Å². The lowest BCUT2D eigenvalue weighted by Gasteiger charge is -2.12. The van der Waals surface area contributed by atoms with Crippen LogP contribution in [0.4, 0.5) is 0 Å². The maximum Gasteiger partial charge on any atom is 0.263 e. The molecule has 4 heterocycles. The van der Waals surface area contributed by atoms with Crippen LogP contribution in [0.1, 0.15) is 35.2 Å². The average Bonchev–Trinajstić information content (AvgIpc) is 3.86. The van der Waals surface area contributed by atoms with Crippen LogP contribution in [-0.2, 0) is 19.8 Å². The van der Waals surface area contributed by atoms with Gasteiger partial charge in [-0.05, 0) is 68.0 Å². The van der Waals surface area contributed by atoms with E-state index in [2.05, 4.69) is 16.9 Å². The number of oxazole rings is 1. The van der Waals surface area contributed by atoms with Crippen LogP contribution >= 0.6 is 0 Å². The number of aromatic nitrogens is 5. The fourth-order valence-electron chi connectivity index (χ4n) is 4.41. The third-order valence-corrected chi connectivity index (χ3v) is 6.77.